The number of rotatable bonds is 8. The molecule has 11 nitrogen and oxygen atoms in total. The summed E-state index contributed by atoms with van der Waals surface area (Å²) >= 11 is 0. The largest absolute Gasteiger partial charge is 0.481 e. The van der Waals surface area contributed by atoms with E-state index < -0.39 is 17.9 Å². The van der Waals surface area contributed by atoms with Crippen LogP contribution in [-0.4, -0.2) is 91.2 Å². The van der Waals surface area contributed by atoms with Gasteiger partial charge in [-0.05, 0) is 36.1 Å². The lowest BCUT2D eigenvalue weighted by Gasteiger charge is -2.40. The number of ether oxygens (including phenoxy) is 1. The van der Waals surface area contributed by atoms with Crippen LogP contribution in [0.3, 0.4) is 0 Å². The third-order valence-electron chi connectivity index (χ3n) is 7.56. The number of anilines is 2. The molecule has 232 valence electrons. The van der Waals surface area contributed by atoms with E-state index in [1.807, 2.05) is 61.8 Å². The summed E-state index contributed by atoms with van der Waals surface area (Å²) in [5.74, 6) is -1.64. The number of benzene rings is 2. The van der Waals surface area contributed by atoms with Crippen molar-refractivity contribution in [3.63, 3.8) is 0 Å². The Bertz CT molecular complexity index is 1310. The van der Waals surface area contributed by atoms with Gasteiger partial charge < -0.3 is 35.2 Å². The Kier molecular flexibility index (Phi) is 10.3. The molecule has 1 atom stereocenters. The minimum absolute atomic E-state index is 0.0122. The maximum Gasteiger partial charge on any atom is 0.320 e. The summed E-state index contributed by atoms with van der Waals surface area (Å²) in [5.41, 5.74) is 3.06. The number of carboxylic acid groups (broad SMARTS) is 1. The molecule has 0 aromatic heterocycles. The van der Waals surface area contributed by atoms with Crippen LogP contribution in [0.25, 0.3) is 0 Å². The molecule has 2 fully saturated rings. The van der Waals surface area contributed by atoms with Crippen LogP contribution in [0, 0.1) is 12.3 Å². The molecular formula is C32H43N5O6. The second kappa shape index (κ2) is 13.9. The minimum Gasteiger partial charge on any atom is -0.481 e. The number of nitrogens with one attached hydrogen (secondary N) is 2. The summed E-state index contributed by atoms with van der Waals surface area (Å²) in [6, 6.07) is 11.8. The summed E-state index contributed by atoms with van der Waals surface area (Å²) in [4.78, 5) is 56.8. The fraction of sp³-hybridized carbons (Fsp3) is 0.500. The Hall–Kier alpha value is -4.12. The lowest BCUT2D eigenvalue weighted by atomic mass is 9.92. The Morgan fingerprint density at radius 2 is 1.53 bits per heavy atom. The zero-order valence-electron chi connectivity index (χ0n) is 25.5. The summed E-state index contributed by atoms with van der Waals surface area (Å²) in [7, 11) is 0. The van der Waals surface area contributed by atoms with Gasteiger partial charge in [0, 0.05) is 51.3 Å². The topological polar surface area (TPSA) is 132 Å². The van der Waals surface area contributed by atoms with Crippen LogP contribution in [0.2, 0.25) is 0 Å². The highest BCUT2D eigenvalue weighted by Gasteiger charge is 2.28. The Labute approximate surface area is 253 Å². The Morgan fingerprint density at radius 1 is 0.907 bits per heavy atom. The number of urea groups is 1. The van der Waals surface area contributed by atoms with Crippen LogP contribution in [0.4, 0.5) is 16.2 Å². The standard InChI is InChI=1S/C32H43N5O6/c1-22-5-7-23(8-6-22)25(20-29(39)40)34-30(41)24-9-10-27(26(19-24)33-28(38)21-32(2,3)4)35-11-13-36(14-12-35)31(42)37-15-17-43-18-16-37/h5-10,19,25H,11-18,20-21H2,1-4H3,(H,33,38)(H,34,41)(H,39,40). The van der Waals surface area contributed by atoms with Gasteiger partial charge in [0.05, 0.1) is 37.1 Å². The first-order valence-corrected chi connectivity index (χ1v) is 14.8. The molecule has 4 rings (SSSR count). The van der Waals surface area contributed by atoms with Crippen molar-refractivity contribution in [1.29, 1.82) is 0 Å². The predicted molar refractivity (Wildman–Crippen MR) is 164 cm³/mol. The van der Waals surface area contributed by atoms with E-state index in [-0.39, 0.29) is 23.8 Å². The molecule has 0 saturated carbocycles. The van der Waals surface area contributed by atoms with E-state index in [9.17, 15) is 24.3 Å². The molecule has 0 aliphatic carbocycles. The van der Waals surface area contributed by atoms with E-state index in [0.29, 0.717) is 75.7 Å². The van der Waals surface area contributed by atoms with Crippen molar-refractivity contribution in [2.75, 3.05) is 62.7 Å². The van der Waals surface area contributed by atoms with Crippen LogP contribution in [0.15, 0.2) is 42.5 Å². The van der Waals surface area contributed by atoms with E-state index in [0.717, 1.165) is 11.3 Å². The van der Waals surface area contributed by atoms with E-state index >= 15 is 0 Å². The third-order valence-corrected chi connectivity index (χ3v) is 7.56. The van der Waals surface area contributed by atoms with Crippen molar-refractivity contribution in [3.8, 4) is 0 Å². The number of nitrogens with zero attached hydrogens (tertiary/aromatic N) is 3. The average Bonchev–Trinajstić information content (AvgIpc) is 2.96. The van der Waals surface area contributed by atoms with E-state index in [1.54, 1.807) is 18.2 Å². The van der Waals surface area contributed by atoms with Gasteiger partial charge in [0.2, 0.25) is 5.91 Å². The average molecular weight is 594 g/mol. The summed E-state index contributed by atoms with van der Waals surface area (Å²) < 4.78 is 5.37. The second-order valence-corrected chi connectivity index (χ2v) is 12.4. The number of morpholine rings is 1. The molecular weight excluding hydrogens is 550 g/mol. The predicted octanol–water partition coefficient (Wildman–Crippen LogP) is 3.89. The van der Waals surface area contributed by atoms with Crippen molar-refractivity contribution in [3.05, 3.63) is 59.2 Å². The number of aliphatic carboxylic acids is 1. The maximum absolute atomic E-state index is 13.4. The van der Waals surface area contributed by atoms with Crippen molar-refractivity contribution in [1.82, 2.24) is 15.1 Å². The maximum atomic E-state index is 13.4. The monoisotopic (exact) mass is 593 g/mol. The Morgan fingerprint density at radius 3 is 2.14 bits per heavy atom. The lowest BCUT2D eigenvalue weighted by molar-refractivity contribution is -0.137. The van der Waals surface area contributed by atoms with E-state index in [1.165, 1.54) is 0 Å². The fourth-order valence-corrected chi connectivity index (χ4v) is 5.29. The van der Waals surface area contributed by atoms with E-state index in [2.05, 4.69) is 15.5 Å². The molecule has 2 heterocycles. The summed E-state index contributed by atoms with van der Waals surface area (Å²) in [6.07, 6.45) is 0.0221. The molecule has 0 bridgehead atoms. The molecule has 2 aromatic carbocycles. The first-order valence-electron chi connectivity index (χ1n) is 14.8. The van der Waals surface area contributed by atoms with E-state index in [4.69, 9.17) is 4.74 Å². The number of hydrogen-bond acceptors (Lipinski definition) is 6. The first-order chi connectivity index (χ1) is 20.4. The Balaban J connectivity index is 1.53. The van der Waals surface area contributed by atoms with Crippen LogP contribution < -0.4 is 15.5 Å². The van der Waals surface area contributed by atoms with Gasteiger partial charge in [-0.3, -0.25) is 14.4 Å². The molecule has 2 aromatic rings. The molecule has 43 heavy (non-hydrogen) atoms. The molecule has 4 amide bonds. The fourth-order valence-electron chi connectivity index (χ4n) is 5.29. The van der Waals surface area contributed by atoms with Gasteiger partial charge in [0.1, 0.15) is 0 Å². The quantitative estimate of drug-likeness (QED) is 0.423. The number of aryl methyl sites for hydroxylation is 1. The number of carboxylic acids is 1. The van der Waals surface area contributed by atoms with Crippen LogP contribution in [0.5, 0.6) is 0 Å². The molecule has 1 unspecified atom stereocenters. The van der Waals surface area contributed by atoms with Crippen molar-refractivity contribution in [2.24, 2.45) is 5.41 Å². The zero-order valence-corrected chi connectivity index (χ0v) is 25.5. The molecule has 0 spiro atoms. The second-order valence-electron chi connectivity index (χ2n) is 12.4. The summed E-state index contributed by atoms with van der Waals surface area (Å²) in [6.45, 7) is 12.3. The highest BCUT2D eigenvalue weighted by atomic mass is 16.5. The van der Waals surface area contributed by atoms with Crippen molar-refractivity contribution < 1.29 is 29.0 Å². The van der Waals surface area contributed by atoms with Gasteiger partial charge in [-0.25, -0.2) is 4.79 Å². The minimum atomic E-state index is -1.03. The van der Waals surface area contributed by atoms with Gasteiger partial charge in [0.25, 0.3) is 5.91 Å². The molecule has 3 N–H and O–H groups in total. The van der Waals surface area contributed by atoms with Gasteiger partial charge in [0.15, 0.2) is 0 Å². The van der Waals surface area contributed by atoms with Crippen LogP contribution >= 0.6 is 0 Å². The van der Waals surface area contributed by atoms with Crippen LogP contribution in [0.1, 0.15) is 61.1 Å². The highest BCUT2D eigenvalue weighted by molar-refractivity contribution is 6.00. The SMILES string of the molecule is Cc1ccc(C(CC(=O)O)NC(=O)c2ccc(N3CCN(C(=O)N4CCOCC4)CC3)c(NC(=O)CC(C)(C)C)c2)cc1. The number of piperazine rings is 1. The highest BCUT2D eigenvalue weighted by Crippen LogP contribution is 2.30. The number of amides is 4. The molecule has 2 aliphatic rings. The van der Waals surface area contributed by atoms with Gasteiger partial charge in [-0.15, -0.1) is 0 Å². The summed E-state index contributed by atoms with van der Waals surface area (Å²) in [5, 5.41) is 15.4. The molecule has 2 saturated heterocycles. The zero-order chi connectivity index (χ0) is 31.1. The number of hydrogen-bond donors (Lipinski definition) is 3. The van der Waals surface area contributed by atoms with Gasteiger partial charge in [-0.2, -0.15) is 0 Å². The normalized spacial score (nSPS) is 16.4. The van der Waals surface area contributed by atoms with Crippen molar-refractivity contribution in [2.45, 2.75) is 46.6 Å². The van der Waals surface area contributed by atoms with Gasteiger partial charge >= 0.3 is 12.0 Å². The molecule has 11 heteroatoms. The smallest absolute Gasteiger partial charge is 0.320 e. The molecule has 2 aliphatic heterocycles. The lowest BCUT2D eigenvalue weighted by Crippen LogP contribution is -2.54. The third kappa shape index (κ3) is 8.93. The molecule has 0 radical (unpaired) electrons. The van der Waals surface area contributed by atoms with Crippen LogP contribution in [-0.2, 0) is 14.3 Å². The number of carbonyl (C=O) groups is 4. The first kappa shape index (κ1) is 31.8. The van der Waals surface area contributed by atoms with Crippen molar-refractivity contribution >= 4 is 35.2 Å². The van der Waals surface area contributed by atoms with Gasteiger partial charge in [-0.1, -0.05) is 50.6 Å². The number of carbonyl (C=O) groups excluding carboxylic acids is 3.